The van der Waals surface area contributed by atoms with Crippen molar-refractivity contribution >= 4 is 11.8 Å². The summed E-state index contributed by atoms with van der Waals surface area (Å²) in [5, 5.41) is 5.52. The minimum Gasteiger partial charge on any atom is -0.348 e. The van der Waals surface area contributed by atoms with E-state index in [-0.39, 0.29) is 6.04 Å². The van der Waals surface area contributed by atoms with Crippen molar-refractivity contribution < 1.29 is 9.59 Å². The Morgan fingerprint density at radius 3 is 2.15 bits per heavy atom. The van der Waals surface area contributed by atoms with Crippen LogP contribution in [0.3, 0.4) is 0 Å². The number of nitrogens with one attached hydrogen (secondary N) is 2. The lowest BCUT2D eigenvalue weighted by Gasteiger charge is -2.37. The van der Waals surface area contributed by atoms with E-state index in [2.05, 4.69) is 38.3 Å². The molecule has 2 N–H and O–H groups in total. The number of hydrogen-bond acceptors (Lipinski definition) is 2. The summed E-state index contributed by atoms with van der Waals surface area (Å²) in [4.78, 5) is 23.4. The van der Waals surface area contributed by atoms with Gasteiger partial charge in [-0.25, -0.2) is 0 Å². The molecule has 1 rings (SSSR count). The lowest BCUT2D eigenvalue weighted by atomic mass is 9.71. The molecule has 1 aliphatic rings. The predicted octanol–water partition coefficient (Wildman–Crippen LogP) is 2.62. The molecule has 0 atom stereocenters. The summed E-state index contributed by atoms with van der Waals surface area (Å²) >= 11 is 0. The third-order valence-corrected chi connectivity index (χ3v) is 4.31. The van der Waals surface area contributed by atoms with Crippen LogP contribution in [0.1, 0.15) is 66.2 Å². The monoisotopic (exact) mass is 282 g/mol. The topological polar surface area (TPSA) is 58.2 Å². The zero-order chi connectivity index (χ0) is 15.2. The van der Waals surface area contributed by atoms with Gasteiger partial charge in [0.1, 0.15) is 0 Å². The smallest absolute Gasteiger partial charge is 0.309 e. The summed E-state index contributed by atoms with van der Waals surface area (Å²) in [6, 6.07) is 0.165. The summed E-state index contributed by atoms with van der Waals surface area (Å²) in [6.07, 6.45) is 6.15. The Balaban J connectivity index is 2.29. The fourth-order valence-electron chi connectivity index (χ4n) is 2.81. The van der Waals surface area contributed by atoms with Crippen molar-refractivity contribution in [3.63, 3.8) is 0 Å². The molecule has 116 valence electrons. The molecular weight excluding hydrogens is 252 g/mol. The third-order valence-electron chi connectivity index (χ3n) is 4.31. The summed E-state index contributed by atoms with van der Waals surface area (Å²) < 4.78 is 0. The van der Waals surface area contributed by atoms with Gasteiger partial charge in [0.25, 0.3) is 0 Å². The van der Waals surface area contributed by atoms with Crippen molar-refractivity contribution in [2.24, 2.45) is 11.3 Å². The molecule has 1 aliphatic carbocycles. The molecular formula is C16H30N2O2. The number of carbonyl (C=O) groups is 2. The second kappa shape index (κ2) is 7.65. The molecule has 0 heterocycles. The summed E-state index contributed by atoms with van der Waals surface area (Å²) in [5.74, 6) is -0.245. The first kappa shape index (κ1) is 17.0. The van der Waals surface area contributed by atoms with Crippen LogP contribution in [0.2, 0.25) is 0 Å². The normalized spacial score (nSPS) is 23.2. The van der Waals surface area contributed by atoms with Crippen LogP contribution >= 0.6 is 0 Å². The van der Waals surface area contributed by atoms with Crippen LogP contribution in [-0.4, -0.2) is 24.4 Å². The highest BCUT2D eigenvalue weighted by Crippen LogP contribution is 2.37. The molecule has 1 fully saturated rings. The van der Waals surface area contributed by atoms with E-state index in [9.17, 15) is 9.59 Å². The van der Waals surface area contributed by atoms with E-state index in [0.717, 1.165) is 38.5 Å². The highest BCUT2D eigenvalue weighted by molar-refractivity contribution is 6.35. The van der Waals surface area contributed by atoms with Gasteiger partial charge in [0.2, 0.25) is 0 Å². The zero-order valence-electron chi connectivity index (χ0n) is 13.4. The van der Waals surface area contributed by atoms with Gasteiger partial charge in [0.05, 0.1) is 0 Å². The largest absolute Gasteiger partial charge is 0.348 e. The van der Waals surface area contributed by atoms with Crippen molar-refractivity contribution in [3.8, 4) is 0 Å². The van der Waals surface area contributed by atoms with Gasteiger partial charge in [-0.15, -0.1) is 0 Å². The first-order valence-electron chi connectivity index (χ1n) is 7.93. The number of amides is 2. The number of unbranched alkanes of at least 4 members (excludes halogenated alkanes) is 1. The highest BCUT2D eigenvalue weighted by atomic mass is 16.2. The van der Waals surface area contributed by atoms with E-state index in [1.165, 1.54) is 0 Å². The molecule has 0 bridgehead atoms. The van der Waals surface area contributed by atoms with E-state index in [1.54, 1.807) is 0 Å². The Labute approximate surface area is 123 Å². The second-order valence-corrected chi connectivity index (χ2v) is 7.00. The van der Waals surface area contributed by atoms with Crippen molar-refractivity contribution in [2.75, 3.05) is 6.54 Å². The van der Waals surface area contributed by atoms with Crippen LogP contribution in [0.25, 0.3) is 0 Å². The van der Waals surface area contributed by atoms with Crippen molar-refractivity contribution in [3.05, 3.63) is 0 Å². The van der Waals surface area contributed by atoms with Gasteiger partial charge in [-0.1, -0.05) is 34.1 Å². The minimum absolute atomic E-state index is 0.165. The van der Waals surface area contributed by atoms with Crippen LogP contribution in [-0.2, 0) is 9.59 Å². The van der Waals surface area contributed by atoms with Crippen LogP contribution in [0.5, 0.6) is 0 Å². The SMILES string of the molecule is CCCCNC(=O)C(=O)NC1CCC(C(C)(C)C)CC1. The quantitative estimate of drug-likeness (QED) is 0.615. The molecule has 0 aromatic rings. The van der Waals surface area contributed by atoms with Crippen LogP contribution in [0, 0.1) is 11.3 Å². The van der Waals surface area contributed by atoms with E-state index in [0.29, 0.717) is 17.9 Å². The summed E-state index contributed by atoms with van der Waals surface area (Å²) in [5.41, 5.74) is 0.340. The maximum absolute atomic E-state index is 11.8. The lowest BCUT2D eigenvalue weighted by molar-refractivity contribution is -0.139. The van der Waals surface area contributed by atoms with Crippen LogP contribution < -0.4 is 10.6 Å². The molecule has 0 aliphatic heterocycles. The molecule has 0 radical (unpaired) electrons. The van der Waals surface area contributed by atoms with Gasteiger partial charge in [-0.2, -0.15) is 0 Å². The summed E-state index contributed by atoms with van der Waals surface area (Å²) in [7, 11) is 0. The predicted molar refractivity (Wildman–Crippen MR) is 81.3 cm³/mol. The number of carbonyl (C=O) groups excluding carboxylic acids is 2. The van der Waals surface area contributed by atoms with Gasteiger partial charge in [-0.3, -0.25) is 9.59 Å². The van der Waals surface area contributed by atoms with Gasteiger partial charge in [-0.05, 0) is 43.4 Å². The van der Waals surface area contributed by atoms with Gasteiger partial charge >= 0.3 is 11.8 Å². The van der Waals surface area contributed by atoms with Crippen molar-refractivity contribution in [1.82, 2.24) is 10.6 Å². The summed E-state index contributed by atoms with van der Waals surface area (Å²) in [6.45, 7) is 9.46. The number of rotatable bonds is 4. The van der Waals surface area contributed by atoms with Gasteiger partial charge in [0, 0.05) is 12.6 Å². The lowest BCUT2D eigenvalue weighted by Crippen LogP contribution is -2.46. The Hall–Kier alpha value is -1.06. The molecule has 4 heteroatoms. The molecule has 2 amide bonds. The van der Waals surface area contributed by atoms with Crippen molar-refractivity contribution in [2.45, 2.75) is 72.3 Å². The molecule has 0 aromatic heterocycles. The average Bonchev–Trinajstić information content (AvgIpc) is 2.38. The van der Waals surface area contributed by atoms with Crippen molar-refractivity contribution in [1.29, 1.82) is 0 Å². The molecule has 0 unspecified atom stereocenters. The maximum atomic E-state index is 11.8. The molecule has 0 spiro atoms. The molecule has 0 saturated heterocycles. The Morgan fingerprint density at radius 1 is 1.05 bits per heavy atom. The Bertz CT molecular complexity index is 326. The third kappa shape index (κ3) is 5.51. The van der Waals surface area contributed by atoms with Crippen LogP contribution in [0.4, 0.5) is 0 Å². The van der Waals surface area contributed by atoms with Gasteiger partial charge in [0.15, 0.2) is 0 Å². The first-order chi connectivity index (χ1) is 9.34. The zero-order valence-corrected chi connectivity index (χ0v) is 13.4. The number of hydrogen-bond donors (Lipinski definition) is 2. The van der Waals surface area contributed by atoms with E-state index >= 15 is 0 Å². The van der Waals surface area contributed by atoms with E-state index < -0.39 is 11.8 Å². The molecule has 20 heavy (non-hydrogen) atoms. The highest BCUT2D eigenvalue weighted by Gasteiger charge is 2.30. The average molecular weight is 282 g/mol. The fraction of sp³-hybridized carbons (Fsp3) is 0.875. The van der Waals surface area contributed by atoms with Crippen LogP contribution in [0.15, 0.2) is 0 Å². The second-order valence-electron chi connectivity index (χ2n) is 7.00. The van der Waals surface area contributed by atoms with E-state index in [4.69, 9.17) is 0 Å². The molecule has 4 nitrogen and oxygen atoms in total. The standard InChI is InChI=1S/C16H30N2O2/c1-5-6-11-17-14(19)15(20)18-13-9-7-12(8-10-13)16(2,3)4/h12-13H,5-11H2,1-4H3,(H,17,19)(H,18,20). The molecule has 1 saturated carbocycles. The first-order valence-corrected chi connectivity index (χ1v) is 7.93. The fourth-order valence-corrected chi connectivity index (χ4v) is 2.81. The Kier molecular flexibility index (Phi) is 6.50. The maximum Gasteiger partial charge on any atom is 0.309 e. The molecule has 0 aromatic carbocycles. The minimum atomic E-state index is -0.489. The van der Waals surface area contributed by atoms with E-state index in [1.807, 2.05) is 0 Å². The van der Waals surface area contributed by atoms with Gasteiger partial charge < -0.3 is 10.6 Å². The Morgan fingerprint density at radius 2 is 1.65 bits per heavy atom.